The molecule has 0 amide bonds. The Morgan fingerprint density at radius 2 is 2.10 bits per heavy atom. The summed E-state index contributed by atoms with van der Waals surface area (Å²) in [5.74, 6) is 0.130. The minimum Gasteiger partial charge on any atom is -0.493 e. The molecular formula is C16H22FNO2. The molecule has 0 bridgehead atoms. The van der Waals surface area contributed by atoms with Gasteiger partial charge in [-0.25, -0.2) is 4.39 Å². The SMILES string of the molecule is CC(O)c1cc(F)ccc1OCCCCC(C)(C)C#N. The van der Waals surface area contributed by atoms with E-state index in [4.69, 9.17) is 10.00 Å². The number of nitriles is 1. The van der Waals surface area contributed by atoms with E-state index in [1.54, 1.807) is 6.92 Å². The van der Waals surface area contributed by atoms with Crippen LogP contribution in [0.5, 0.6) is 5.75 Å². The molecule has 1 unspecified atom stereocenters. The lowest BCUT2D eigenvalue weighted by Crippen LogP contribution is -2.09. The Bertz CT molecular complexity index is 478. The first-order valence-corrected chi connectivity index (χ1v) is 6.87. The van der Waals surface area contributed by atoms with Crippen LogP contribution in [0.15, 0.2) is 18.2 Å². The van der Waals surface area contributed by atoms with Gasteiger partial charge in [0.2, 0.25) is 0 Å². The predicted molar refractivity (Wildman–Crippen MR) is 75.8 cm³/mol. The summed E-state index contributed by atoms with van der Waals surface area (Å²) >= 11 is 0. The van der Waals surface area contributed by atoms with Gasteiger partial charge in [-0.2, -0.15) is 5.26 Å². The van der Waals surface area contributed by atoms with Gasteiger partial charge in [0.05, 0.1) is 24.2 Å². The van der Waals surface area contributed by atoms with Crippen molar-refractivity contribution >= 4 is 0 Å². The largest absolute Gasteiger partial charge is 0.493 e. The van der Waals surface area contributed by atoms with Crippen LogP contribution in [0.4, 0.5) is 4.39 Å². The number of rotatable bonds is 7. The van der Waals surface area contributed by atoms with E-state index in [-0.39, 0.29) is 11.2 Å². The van der Waals surface area contributed by atoms with Crippen LogP contribution >= 0.6 is 0 Å². The topological polar surface area (TPSA) is 53.2 Å². The molecule has 0 radical (unpaired) electrons. The molecule has 1 atom stereocenters. The summed E-state index contributed by atoms with van der Waals surface area (Å²) in [7, 11) is 0. The molecule has 0 heterocycles. The van der Waals surface area contributed by atoms with E-state index in [1.165, 1.54) is 18.2 Å². The van der Waals surface area contributed by atoms with Crippen molar-refractivity contribution in [1.82, 2.24) is 0 Å². The first kappa shape index (κ1) is 16.5. The van der Waals surface area contributed by atoms with E-state index in [0.29, 0.717) is 17.9 Å². The molecular weight excluding hydrogens is 257 g/mol. The highest BCUT2D eigenvalue weighted by Gasteiger charge is 2.15. The highest BCUT2D eigenvalue weighted by Crippen LogP contribution is 2.26. The van der Waals surface area contributed by atoms with Gasteiger partial charge in [-0.3, -0.25) is 0 Å². The van der Waals surface area contributed by atoms with Crippen LogP contribution in [0.2, 0.25) is 0 Å². The van der Waals surface area contributed by atoms with Gasteiger partial charge in [-0.05, 0) is 58.2 Å². The van der Waals surface area contributed by atoms with Crippen molar-refractivity contribution in [2.24, 2.45) is 5.41 Å². The Hall–Kier alpha value is -1.60. The Labute approximate surface area is 120 Å². The third-order valence-electron chi connectivity index (χ3n) is 3.18. The van der Waals surface area contributed by atoms with Gasteiger partial charge in [-0.1, -0.05) is 0 Å². The molecule has 1 aromatic carbocycles. The molecule has 3 nitrogen and oxygen atoms in total. The van der Waals surface area contributed by atoms with Gasteiger partial charge in [0.25, 0.3) is 0 Å². The van der Waals surface area contributed by atoms with Gasteiger partial charge < -0.3 is 9.84 Å². The summed E-state index contributed by atoms with van der Waals surface area (Å²) in [6.07, 6.45) is 1.77. The van der Waals surface area contributed by atoms with Gasteiger partial charge in [-0.15, -0.1) is 0 Å². The standard InChI is InChI=1S/C16H22FNO2/c1-12(19)14-10-13(17)6-7-15(14)20-9-5-4-8-16(2,3)11-18/h6-7,10,12,19H,4-5,8-9H2,1-3H3. The Morgan fingerprint density at radius 3 is 2.70 bits per heavy atom. The summed E-state index contributed by atoms with van der Waals surface area (Å²) in [6, 6.07) is 6.41. The molecule has 20 heavy (non-hydrogen) atoms. The fourth-order valence-electron chi connectivity index (χ4n) is 1.88. The summed E-state index contributed by atoms with van der Waals surface area (Å²) in [6.45, 7) is 5.91. The van der Waals surface area contributed by atoms with Crippen LogP contribution < -0.4 is 4.74 Å². The molecule has 110 valence electrons. The Balaban J connectivity index is 2.45. The summed E-state index contributed by atoms with van der Waals surface area (Å²) in [5.41, 5.74) is 0.156. The Morgan fingerprint density at radius 1 is 1.40 bits per heavy atom. The second kappa shape index (κ2) is 7.25. The first-order valence-electron chi connectivity index (χ1n) is 6.87. The lowest BCUT2D eigenvalue weighted by atomic mass is 9.89. The van der Waals surface area contributed by atoms with Gasteiger partial charge in [0.15, 0.2) is 0 Å². The maximum atomic E-state index is 13.1. The van der Waals surface area contributed by atoms with Crippen molar-refractivity contribution in [3.63, 3.8) is 0 Å². The number of aliphatic hydroxyl groups excluding tert-OH is 1. The fourth-order valence-corrected chi connectivity index (χ4v) is 1.88. The number of nitrogens with zero attached hydrogens (tertiary/aromatic N) is 1. The average molecular weight is 279 g/mol. The molecule has 1 aromatic rings. The molecule has 0 aliphatic carbocycles. The van der Waals surface area contributed by atoms with Crippen LogP contribution in [0.25, 0.3) is 0 Å². The second-order valence-electron chi connectivity index (χ2n) is 5.66. The first-order chi connectivity index (χ1) is 9.35. The van der Waals surface area contributed by atoms with Crippen molar-refractivity contribution in [3.05, 3.63) is 29.6 Å². The molecule has 0 saturated heterocycles. The van der Waals surface area contributed by atoms with Crippen LogP contribution in [0.3, 0.4) is 0 Å². The highest BCUT2D eigenvalue weighted by molar-refractivity contribution is 5.35. The van der Waals surface area contributed by atoms with Crippen LogP contribution in [-0.4, -0.2) is 11.7 Å². The summed E-state index contributed by atoms with van der Waals surface area (Å²) < 4.78 is 18.7. The van der Waals surface area contributed by atoms with E-state index in [9.17, 15) is 9.50 Å². The number of unbranched alkanes of at least 4 members (excludes halogenated alkanes) is 1. The minimum atomic E-state index is -0.766. The lowest BCUT2D eigenvalue weighted by Gasteiger charge is -2.16. The van der Waals surface area contributed by atoms with Crippen LogP contribution in [0.1, 0.15) is 51.7 Å². The van der Waals surface area contributed by atoms with Crippen molar-refractivity contribution in [2.45, 2.75) is 46.1 Å². The predicted octanol–water partition coefficient (Wildman–Crippen LogP) is 3.98. The average Bonchev–Trinajstić information content (AvgIpc) is 2.39. The minimum absolute atomic E-state index is 0.305. The van der Waals surface area contributed by atoms with Crippen molar-refractivity contribution in [2.75, 3.05) is 6.61 Å². The molecule has 1 rings (SSSR count). The number of hydrogen-bond acceptors (Lipinski definition) is 3. The van der Waals surface area contributed by atoms with Crippen molar-refractivity contribution in [1.29, 1.82) is 5.26 Å². The summed E-state index contributed by atoms with van der Waals surface area (Å²) in [4.78, 5) is 0. The molecule has 0 spiro atoms. The maximum Gasteiger partial charge on any atom is 0.125 e. The van der Waals surface area contributed by atoms with E-state index < -0.39 is 6.10 Å². The molecule has 0 aromatic heterocycles. The summed E-state index contributed by atoms with van der Waals surface area (Å²) in [5, 5.41) is 18.5. The zero-order chi connectivity index (χ0) is 15.2. The number of halogens is 1. The Kier molecular flexibility index (Phi) is 5.97. The molecule has 0 aliphatic rings. The smallest absolute Gasteiger partial charge is 0.125 e. The van der Waals surface area contributed by atoms with Gasteiger partial charge in [0, 0.05) is 5.56 Å². The lowest BCUT2D eigenvalue weighted by molar-refractivity contribution is 0.190. The number of aliphatic hydroxyl groups is 1. The highest BCUT2D eigenvalue weighted by atomic mass is 19.1. The molecule has 0 saturated carbocycles. The molecule has 4 heteroatoms. The van der Waals surface area contributed by atoms with Gasteiger partial charge in [0.1, 0.15) is 11.6 Å². The van der Waals surface area contributed by atoms with E-state index in [1.807, 2.05) is 13.8 Å². The molecule has 0 fully saturated rings. The van der Waals surface area contributed by atoms with E-state index >= 15 is 0 Å². The van der Waals surface area contributed by atoms with E-state index in [2.05, 4.69) is 6.07 Å². The third kappa shape index (κ3) is 5.18. The maximum absolute atomic E-state index is 13.1. The number of ether oxygens (including phenoxy) is 1. The second-order valence-corrected chi connectivity index (χ2v) is 5.66. The zero-order valence-electron chi connectivity index (χ0n) is 12.3. The van der Waals surface area contributed by atoms with Crippen LogP contribution in [-0.2, 0) is 0 Å². The zero-order valence-corrected chi connectivity index (χ0v) is 12.3. The quantitative estimate of drug-likeness (QED) is 0.768. The molecule has 1 N–H and O–H groups in total. The fraction of sp³-hybridized carbons (Fsp3) is 0.562. The van der Waals surface area contributed by atoms with E-state index in [0.717, 1.165) is 19.3 Å². The third-order valence-corrected chi connectivity index (χ3v) is 3.18. The number of benzene rings is 1. The monoisotopic (exact) mass is 279 g/mol. The van der Waals surface area contributed by atoms with Crippen molar-refractivity contribution in [3.8, 4) is 11.8 Å². The normalized spacial score (nSPS) is 12.8. The number of hydrogen-bond donors (Lipinski definition) is 1. The molecule has 0 aliphatic heterocycles. The van der Waals surface area contributed by atoms with Crippen LogP contribution in [0, 0.1) is 22.6 Å². The van der Waals surface area contributed by atoms with Crippen molar-refractivity contribution < 1.29 is 14.2 Å². The van der Waals surface area contributed by atoms with Gasteiger partial charge >= 0.3 is 0 Å².